The first-order valence-electron chi connectivity index (χ1n) is 7.95. The predicted octanol–water partition coefficient (Wildman–Crippen LogP) is 3.88. The first kappa shape index (κ1) is 18.5. The van der Waals surface area contributed by atoms with Gasteiger partial charge in [0.05, 0.1) is 16.5 Å². The number of hydrogen-bond acceptors (Lipinski definition) is 6. The lowest BCUT2D eigenvalue weighted by Gasteiger charge is -2.14. The molecule has 9 heteroatoms. The van der Waals surface area contributed by atoms with Crippen LogP contribution in [0.5, 0.6) is 0 Å². The number of carbonyl (C=O) groups is 1. The third-order valence-corrected chi connectivity index (χ3v) is 4.28. The Hall–Kier alpha value is -3.26. The maximum absolute atomic E-state index is 12.6. The maximum Gasteiger partial charge on any atom is 0.273 e. The highest BCUT2D eigenvalue weighted by Gasteiger charge is 2.20. The molecule has 27 heavy (non-hydrogen) atoms. The van der Waals surface area contributed by atoms with Crippen LogP contribution in [-0.4, -0.2) is 32.9 Å². The largest absolute Gasteiger partial charge is 0.337 e. The number of aromatic nitrogens is 2. The fourth-order valence-electron chi connectivity index (χ4n) is 2.51. The predicted molar refractivity (Wildman–Crippen MR) is 98.4 cm³/mol. The zero-order valence-electron chi connectivity index (χ0n) is 14.5. The summed E-state index contributed by atoms with van der Waals surface area (Å²) in [5.41, 5.74) is 1.21. The zero-order chi connectivity index (χ0) is 19.6. The van der Waals surface area contributed by atoms with E-state index < -0.39 is 10.8 Å². The van der Waals surface area contributed by atoms with Crippen LogP contribution in [0.3, 0.4) is 0 Å². The van der Waals surface area contributed by atoms with Crippen molar-refractivity contribution in [1.82, 2.24) is 15.0 Å². The number of nitro groups is 1. The van der Waals surface area contributed by atoms with Gasteiger partial charge >= 0.3 is 0 Å². The summed E-state index contributed by atoms with van der Waals surface area (Å²) in [7, 11) is 1.55. The van der Waals surface area contributed by atoms with Gasteiger partial charge in [-0.15, -0.1) is 0 Å². The minimum absolute atomic E-state index is 0.0535. The van der Waals surface area contributed by atoms with Gasteiger partial charge in [-0.25, -0.2) is 0 Å². The van der Waals surface area contributed by atoms with Crippen LogP contribution in [0.4, 0.5) is 5.69 Å². The molecule has 0 unspecified atom stereocenters. The van der Waals surface area contributed by atoms with Crippen molar-refractivity contribution in [1.29, 1.82) is 0 Å². The first-order valence-corrected chi connectivity index (χ1v) is 8.32. The van der Waals surface area contributed by atoms with Crippen molar-refractivity contribution in [2.45, 2.75) is 13.5 Å². The molecule has 3 aromatic rings. The van der Waals surface area contributed by atoms with Crippen molar-refractivity contribution in [2.75, 3.05) is 7.05 Å². The van der Waals surface area contributed by atoms with Crippen LogP contribution >= 0.6 is 11.6 Å². The Morgan fingerprint density at radius 3 is 2.74 bits per heavy atom. The summed E-state index contributed by atoms with van der Waals surface area (Å²) in [5, 5.41) is 15.4. The van der Waals surface area contributed by atoms with E-state index in [4.69, 9.17) is 16.1 Å². The molecule has 0 fully saturated rings. The highest BCUT2D eigenvalue weighted by atomic mass is 35.5. The van der Waals surface area contributed by atoms with E-state index in [9.17, 15) is 14.9 Å². The number of nitro benzene ring substituents is 1. The molecule has 138 valence electrons. The molecule has 0 N–H and O–H groups in total. The molecule has 0 aliphatic carbocycles. The minimum Gasteiger partial charge on any atom is -0.337 e. The lowest BCUT2D eigenvalue weighted by atomic mass is 10.1. The van der Waals surface area contributed by atoms with E-state index in [0.717, 1.165) is 0 Å². The zero-order valence-corrected chi connectivity index (χ0v) is 15.3. The van der Waals surface area contributed by atoms with Crippen molar-refractivity contribution < 1.29 is 14.2 Å². The van der Waals surface area contributed by atoms with Crippen molar-refractivity contribution in [3.05, 3.63) is 74.6 Å². The van der Waals surface area contributed by atoms with Crippen LogP contribution in [0.2, 0.25) is 5.02 Å². The van der Waals surface area contributed by atoms with Gasteiger partial charge in [0.2, 0.25) is 11.7 Å². The van der Waals surface area contributed by atoms with E-state index in [1.807, 2.05) is 0 Å². The van der Waals surface area contributed by atoms with Gasteiger partial charge in [-0.05, 0) is 25.1 Å². The average molecular weight is 387 g/mol. The Labute approximate surface area is 159 Å². The standard InChI is InChI=1S/C18H15ClN4O4/c1-11-7-8-12(9-15(11)23(25)26)18(24)22(2)10-16-20-17(21-27-16)13-5-3-4-6-14(13)19/h3-9H,10H2,1-2H3. The van der Waals surface area contributed by atoms with E-state index in [0.29, 0.717) is 22.0 Å². The van der Waals surface area contributed by atoms with Gasteiger partial charge in [0.1, 0.15) is 0 Å². The van der Waals surface area contributed by atoms with Crippen LogP contribution in [0.15, 0.2) is 47.0 Å². The van der Waals surface area contributed by atoms with Gasteiger partial charge in [-0.3, -0.25) is 14.9 Å². The normalized spacial score (nSPS) is 10.6. The molecule has 0 atom stereocenters. The third kappa shape index (κ3) is 3.95. The van der Waals surface area contributed by atoms with Gasteiger partial charge in [-0.1, -0.05) is 35.0 Å². The van der Waals surface area contributed by atoms with Crippen LogP contribution in [0, 0.1) is 17.0 Å². The third-order valence-electron chi connectivity index (χ3n) is 3.95. The monoisotopic (exact) mass is 386 g/mol. The number of carbonyl (C=O) groups excluding carboxylic acids is 1. The smallest absolute Gasteiger partial charge is 0.273 e. The molecule has 2 aromatic carbocycles. The molecule has 8 nitrogen and oxygen atoms in total. The molecular weight excluding hydrogens is 372 g/mol. The number of aryl methyl sites for hydroxylation is 1. The summed E-state index contributed by atoms with van der Waals surface area (Å²) < 4.78 is 5.19. The van der Waals surface area contributed by atoms with E-state index in [1.54, 1.807) is 50.4 Å². The Bertz CT molecular complexity index is 1020. The van der Waals surface area contributed by atoms with E-state index in [2.05, 4.69) is 10.1 Å². The molecule has 0 aliphatic rings. The molecule has 0 radical (unpaired) electrons. The molecule has 0 saturated heterocycles. The topological polar surface area (TPSA) is 102 Å². The van der Waals surface area contributed by atoms with Gasteiger partial charge in [0, 0.05) is 29.8 Å². The molecule has 0 aliphatic heterocycles. The fourth-order valence-corrected chi connectivity index (χ4v) is 2.73. The molecule has 1 aromatic heterocycles. The number of benzene rings is 2. The fraction of sp³-hybridized carbons (Fsp3) is 0.167. The highest BCUT2D eigenvalue weighted by molar-refractivity contribution is 6.33. The molecule has 0 saturated carbocycles. The van der Waals surface area contributed by atoms with Crippen LogP contribution in [0.25, 0.3) is 11.4 Å². The Balaban J connectivity index is 1.77. The van der Waals surface area contributed by atoms with Crippen molar-refractivity contribution in [3.8, 4) is 11.4 Å². The summed E-state index contributed by atoms with van der Waals surface area (Å²) in [6.07, 6.45) is 0. The number of rotatable bonds is 5. The van der Waals surface area contributed by atoms with Crippen molar-refractivity contribution in [3.63, 3.8) is 0 Å². The van der Waals surface area contributed by atoms with Crippen LogP contribution in [-0.2, 0) is 6.54 Å². The quantitative estimate of drug-likeness (QED) is 0.487. The number of nitrogens with zero attached hydrogens (tertiary/aromatic N) is 4. The number of hydrogen-bond donors (Lipinski definition) is 0. The Kier molecular flexibility index (Phi) is 5.18. The lowest BCUT2D eigenvalue weighted by Crippen LogP contribution is -2.26. The summed E-state index contributed by atoms with van der Waals surface area (Å²) in [5.74, 6) is 0.153. The Morgan fingerprint density at radius 1 is 1.30 bits per heavy atom. The van der Waals surface area contributed by atoms with E-state index in [-0.39, 0.29) is 23.7 Å². The molecule has 1 heterocycles. The van der Waals surface area contributed by atoms with E-state index >= 15 is 0 Å². The summed E-state index contributed by atoms with van der Waals surface area (Å²) in [6, 6.07) is 11.4. The first-order chi connectivity index (χ1) is 12.9. The lowest BCUT2D eigenvalue weighted by molar-refractivity contribution is -0.385. The van der Waals surface area contributed by atoms with Crippen molar-refractivity contribution >= 4 is 23.2 Å². The van der Waals surface area contributed by atoms with Gasteiger partial charge < -0.3 is 9.42 Å². The van der Waals surface area contributed by atoms with Gasteiger partial charge in [0.15, 0.2) is 0 Å². The van der Waals surface area contributed by atoms with Gasteiger partial charge in [-0.2, -0.15) is 4.98 Å². The molecule has 1 amide bonds. The van der Waals surface area contributed by atoms with Crippen LogP contribution < -0.4 is 0 Å². The Morgan fingerprint density at radius 2 is 2.04 bits per heavy atom. The second-order valence-corrected chi connectivity index (χ2v) is 6.32. The average Bonchev–Trinajstić information content (AvgIpc) is 3.09. The molecule has 0 bridgehead atoms. The SMILES string of the molecule is Cc1ccc(C(=O)N(C)Cc2nc(-c3ccccc3Cl)no2)cc1[N+](=O)[O-]. The summed E-state index contributed by atoms with van der Waals surface area (Å²) in [6.45, 7) is 1.67. The van der Waals surface area contributed by atoms with Crippen molar-refractivity contribution in [2.24, 2.45) is 0 Å². The molecular formula is C18H15ClN4O4. The second kappa shape index (κ2) is 7.55. The summed E-state index contributed by atoms with van der Waals surface area (Å²) in [4.78, 5) is 28.7. The molecule has 3 rings (SSSR count). The molecule has 0 spiro atoms. The second-order valence-electron chi connectivity index (χ2n) is 5.91. The van der Waals surface area contributed by atoms with Gasteiger partial charge in [0.25, 0.3) is 11.6 Å². The summed E-state index contributed by atoms with van der Waals surface area (Å²) >= 11 is 6.12. The van der Waals surface area contributed by atoms with E-state index in [1.165, 1.54) is 11.0 Å². The number of amides is 1. The van der Waals surface area contributed by atoms with Crippen LogP contribution in [0.1, 0.15) is 21.8 Å². The minimum atomic E-state index is -0.514. The number of halogens is 1. The maximum atomic E-state index is 12.6. The highest BCUT2D eigenvalue weighted by Crippen LogP contribution is 2.25.